The summed E-state index contributed by atoms with van der Waals surface area (Å²) in [5.41, 5.74) is 1.91. The van der Waals surface area contributed by atoms with Crippen molar-refractivity contribution in [3.63, 3.8) is 0 Å². The Labute approximate surface area is 152 Å². The Morgan fingerprint density at radius 3 is 2.77 bits per heavy atom. The van der Waals surface area contributed by atoms with Gasteiger partial charge in [0.15, 0.2) is 0 Å². The van der Waals surface area contributed by atoms with E-state index in [2.05, 4.69) is 10.3 Å². The second-order valence-electron chi connectivity index (χ2n) is 7.49. The monoisotopic (exact) mass is 355 g/mol. The standard InChI is InChI=1S/C20H25N3O3/c1-26-13-18(24)22-17-5-7-20(17)8-11-23(12-9-20)19(25)15-3-2-4-16-14(15)6-10-21-16/h2-4,6,10,17,21H,5,7-9,11-13H2,1H3,(H,22,24). The quantitative estimate of drug-likeness (QED) is 0.884. The van der Waals surface area contributed by atoms with Gasteiger partial charge in [-0.2, -0.15) is 0 Å². The predicted molar refractivity (Wildman–Crippen MR) is 98.9 cm³/mol. The number of amides is 2. The molecule has 1 aliphatic carbocycles. The first-order valence-corrected chi connectivity index (χ1v) is 9.27. The van der Waals surface area contributed by atoms with Crippen LogP contribution in [0.15, 0.2) is 30.5 Å². The minimum atomic E-state index is -0.0470. The molecule has 26 heavy (non-hydrogen) atoms. The van der Waals surface area contributed by atoms with Crippen LogP contribution in [0.1, 0.15) is 36.0 Å². The number of methoxy groups -OCH3 is 1. The fourth-order valence-corrected chi connectivity index (χ4v) is 4.49. The van der Waals surface area contributed by atoms with Crippen molar-refractivity contribution >= 4 is 22.7 Å². The molecule has 6 heteroatoms. The van der Waals surface area contributed by atoms with Crippen LogP contribution >= 0.6 is 0 Å². The largest absolute Gasteiger partial charge is 0.375 e. The van der Waals surface area contributed by atoms with Gasteiger partial charge in [-0.1, -0.05) is 6.07 Å². The molecule has 2 heterocycles. The van der Waals surface area contributed by atoms with Gasteiger partial charge in [0.05, 0.1) is 0 Å². The third-order valence-corrected chi connectivity index (χ3v) is 6.15. The van der Waals surface area contributed by atoms with E-state index in [1.165, 1.54) is 7.11 Å². The predicted octanol–water partition coefficient (Wildman–Crippen LogP) is 2.32. The Balaban J connectivity index is 1.41. The van der Waals surface area contributed by atoms with Crippen molar-refractivity contribution in [2.45, 2.75) is 31.7 Å². The maximum Gasteiger partial charge on any atom is 0.254 e. The van der Waals surface area contributed by atoms with Gasteiger partial charge in [0.2, 0.25) is 5.91 Å². The van der Waals surface area contributed by atoms with E-state index in [0.29, 0.717) is 0 Å². The molecule has 0 bridgehead atoms. The number of likely N-dealkylation sites (tertiary alicyclic amines) is 1. The van der Waals surface area contributed by atoms with Crippen molar-refractivity contribution in [2.75, 3.05) is 26.8 Å². The minimum absolute atomic E-state index is 0.0470. The van der Waals surface area contributed by atoms with E-state index in [9.17, 15) is 9.59 Å². The first-order chi connectivity index (χ1) is 12.6. The number of benzene rings is 1. The zero-order valence-electron chi connectivity index (χ0n) is 15.1. The van der Waals surface area contributed by atoms with E-state index in [4.69, 9.17) is 4.74 Å². The summed E-state index contributed by atoms with van der Waals surface area (Å²) >= 11 is 0. The van der Waals surface area contributed by atoms with Crippen LogP contribution in [0.5, 0.6) is 0 Å². The molecule has 1 aromatic carbocycles. The van der Waals surface area contributed by atoms with Gasteiger partial charge in [0, 0.05) is 48.9 Å². The maximum absolute atomic E-state index is 13.0. The van der Waals surface area contributed by atoms with E-state index in [1.54, 1.807) is 0 Å². The molecule has 1 aromatic heterocycles. The molecule has 1 spiro atoms. The third-order valence-electron chi connectivity index (χ3n) is 6.15. The molecule has 1 unspecified atom stereocenters. The van der Waals surface area contributed by atoms with Gasteiger partial charge in [-0.25, -0.2) is 0 Å². The van der Waals surface area contributed by atoms with Crippen LogP contribution in [0.2, 0.25) is 0 Å². The number of ether oxygens (including phenoxy) is 1. The van der Waals surface area contributed by atoms with Crippen molar-refractivity contribution in [2.24, 2.45) is 5.41 Å². The van der Waals surface area contributed by atoms with Gasteiger partial charge in [-0.15, -0.1) is 0 Å². The van der Waals surface area contributed by atoms with Crippen molar-refractivity contribution in [1.82, 2.24) is 15.2 Å². The summed E-state index contributed by atoms with van der Waals surface area (Å²) in [6.45, 7) is 1.60. The zero-order valence-corrected chi connectivity index (χ0v) is 15.1. The summed E-state index contributed by atoms with van der Waals surface area (Å²) in [5.74, 6) is 0.0542. The normalized spacial score (nSPS) is 21.6. The number of carbonyl (C=O) groups is 2. The smallest absolute Gasteiger partial charge is 0.254 e. The SMILES string of the molecule is COCC(=O)NC1CCC12CCN(C(=O)c1cccc3[nH]ccc13)CC2. The molecular formula is C20H25N3O3. The number of aromatic nitrogens is 1. The lowest BCUT2D eigenvalue weighted by molar-refractivity contribution is -0.129. The fourth-order valence-electron chi connectivity index (χ4n) is 4.49. The highest BCUT2D eigenvalue weighted by atomic mass is 16.5. The Bertz CT molecular complexity index is 821. The van der Waals surface area contributed by atoms with Crippen LogP contribution in [-0.2, 0) is 9.53 Å². The summed E-state index contributed by atoms with van der Waals surface area (Å²) in [6, 6.07) is 7.99. The van der Waals surface area contributed by atoms with E-state index in [0.717, 1.165) is 55.2 Å². The van der Waals surface area contributed by atoms with Gasteiger partial charge < -0.3 is 19.9 Å². The van der Waals surface area contributed by atoms with Gasteiger partial charge in [-0.3, -0.25) is 9.59 Å². The number of hydrogen-bond donors (Lipinski definition) is 2. The first kappa shape index (κ1) is 17.1. The summed E-state index contributed by atoms with van der Waals surface area (Å²) in [6.07, 6.45) is 5.90. The highest BCUT2D eigenvalue weighted by Crippen LogP contribution is 2.49. The Morgan fingerprint density at radius 1 is 1.27 bits per heavy atom. The van der Waals surface area contributed by atoms with E-state index in [1.807, 2.05) is 35.4 Å². The molecule has 2 amide bonds. The zero-order chi connectivity index (χ0) is 18.1. The molecular weight excluding hydrogens is 330 g/mol. The molecule has 2 N–H and O–H groups in total. The van der Waals surface area contributed by atoms with Crippen molar-refractivity contribution in [3.05, 3.63) is 36.0 Å². The molecule has 138 valence electrons. The third kappa shape index (κ3) is 2.88. The summed E-state index contributed by atoms with van der Waals surface area (Å²) in [4.78, 5) is 29.9. The van der Waals surface area contributed by atoms with Gasteiger partial charge in [-0.05, 0) is 49.3 Å². The number of H-pyrrole nitrogens is 1. The van der Waals surface area contributed by atoms with Crippen molar-refractivity contribution in [3.8, 4) is 0 Å². The van der Waals surface area contributed by atoms with Crippen LogP contribution < -0.4 is 5.32 Å². The molecule has 1 saturated heterocycles. The summed E-state index contributed by atoms with van der Waals surface area (Å²) in [5, 5.41) is 4.08. The number of nitrogens with one attached hydrogen (secondary N) is 2. The number of aromatic amines is 1. The van der Waals surface area contributed by atoms with Crippen molar-refractivity contribution < 1.29 is 14.3 Å². The molecule has 2 aliphatic rings. The first-order valence-electron chi connectivity index (χ1n) is 9.27. The number of fused-ring (bicyclic) bond motifs is 1. The summed E-state index contributed by atoms with van der Waals surface area (Å²) in [7, 11) is 1.53. The topological polar surface area (TPSA) is 74.4 Å². The highest BCUT2D eigenvalue weighted by Gasteiger charge is 2.49. The number of carbonyl (C=O) groups excluding carboxylic acids is 2. The Hall–Kier alpha value is -2.34. The molecule has 1 saturated carbocycles. The molecule has 1 atom stereocenters. The lowest BCUT2D eigenvalue weighted by atomic mass is 9.59. The average Bonchev–Trinajstić information content (AvgIpc) is 3.14. The Kier molecular flexibility index (Phi) is 4.44. The molecule has 2 fully saturated rings. The van der Waals surface area contributed by atoms with Crippen LogP contribution in [0, 0.1) is 5.41 Å². The number of nitrogens with zero attached hydrogens (tertiary/aromatic N) is 1. The van der Waals surface area contributed by atoms with Crippen LogP contribution in [0.4, 0.5) is 0 Å². The van der Waals surface area contributed by atoms with E-state index in [-0.39, 0.29) is 29.9 Å². The van der Waals surface area contributed by atoms with Gasteiger partial charge in [0.1, 0.15) is 6.61 Å². The second kappa shape index (κ2) is 6.76. The van der Waals surface area contributed by atoms with Crippen molar-refractivity contribution in [1.29, 1.82) is 0 Å². The van der Waals surface area contributed by atoms with Crippen LogP contribution in [-0.4, -0.2) is 54.5 Å². The number of rotatable bonds is 4. The fraction of sp³-hybridized carbons (Fsp3) is 0.500. The van der Waals surface area contributed by atoms with Crippen LogP contribution in [0.25, 0.3) is 10.9 Å². The lowest BCUT2D eigenvalue weighted by Crippen LogP contribution is -2.60. The molecule has 4 rings (SSSR count). The van der Waals surface area contributed by atoms with Crippen LogP contribution in [0.3, 0.4) is 0 Å². The van der Waals surface area contributed by atoms with Gasteiger partial charge in [0.25, 0.3) is 5.91 Å². The van der Waals surface area contributed by atoms with Gasteiger partial charge >= 0.3 is 0 Å². The number of piperidine rings is 1. The van der Waals surface area contributed by atoms with E-state index >= 15 is 0 Å². The Morgan fingerprint density at radius 2 is 2.08 bits per heavy atom. The average molecular weight is 355 g/mol. The summed E-state index contributed by atoms with van der Waals surface area (Å²) < 4.78 is 4.91. The minimum Gasteiger partial charge on any atom is -0.375 e. The second-order valence-corrected chi connectivity index (χ2v) is 7.49. The highest BCUT2D eigenvalue weighted by molar-refractivity contribution is 6.06. The molecule has 2 aromatic rings. The maximum atomic E-state index is 13.0. The van der Waals surface area contributed by atoms with E-state index < -0.39 is 0 Å². The number of hydrogen-bond acceptors (Lipinski definition) is 3. The molecule has 6 nitrogen and oxygen atoms in total. The molecule has 1 aliphatic heterocycles. The molecule has 0 radical (unpaired) electrons. The lowest BCUT2D eigenvalue weighted by Gasteiger charge is -2.54.